The number of anilines is 1. The first-order valence-electron chi connectivity index (χ1n) is 5.22. The number of hydrogen-bond donors (Lipinski definition) is 1. The second-order valence-corrected chi connectivity index (χ2v) is 4.73. The summed E-state index contributed by atoms with van der Waals surface area (Å²) in [6.07, 6.45) is 1.74. The molecule has 3 heterocycles. The first-order chi connectivity index (χ1) is 8.24. The summed E-state index contributed by atoms with van der Waals surface area (Å²) in [6, 6.07) is 3.76. The fraction of sp³-hybridized carbons (Fsp3) is 0.182. The number of hydrogen-bond acceptors (Lipinski definition) is 5. The van der Waals surface area contributed by atoms with Crippen molar-refractivity contribution in [1.29, 1.82) is 0 Å². The Bertz CT molecular complexity index is 669. The number of pyridine rings is 1. The van der Waals surface area contributed by atoms with E-state index in [-0.39, 0.29) is 0 Å². The first-order valence-corrected chi connectivity index (χ1v) is 6.10. The van der Waals surface area contributed by atoms with Crippen molar-refractivity contribution in [1.82, 2.24) is 19.5 Å². The van der Waals surface area contributed by atoms with E-state index in [9.17, 15) is 0 Å². The van der Waals surface area contributed by atoms with Gasteiger partial charge in [-0.05, 0) is 19.1 Å². The van der Waals surface area contributed by atoms with Crippen LogP contribution in [0.1, 0.15) is 10.7 Å². The van der Waals surface area contributed by atoms with Crippen LogP contribution in [0, 0.1) is 6.92 Å². The van der Waals surface area contributed by atoms with Crippen LogP contribution in [0.5, 0.6) is 0 Å². The molecule has 0 aliphatic carbocycles. The average Bonchev–Trinajstić information content (AvgIpc) is 2.85. The summed E-state index contributed by atoms with van der Waals surface area (Å²) < 4.78 is 1.88. The van der Waals surface area contributed by atoms with Crippen molar-refractivity contribution in [2.45, 2.75) is 13.5 Å². The van der Waals surface area contributed by atoms with E-state index in [4.69, 9.17) is 5.73 Å². The van der Waals surface area contributed by atoms with Crippen LogP contribution in [0.25, 0.3) is 11.2 Å². The summed E-state index contributed by atoms with van der Waals surface area (Å²) in [5.74, 6) is 0.478. The highest BCUT2D eigenvalue weighted by Crippen LogP contribution is 2.18. The molecule has 2 N–H and O–H groups in total. The van der Waals surface area contributed by atoms with Gasteiger partial charge < -0.3 is 5.73 Å². The number of thiazole rings is 1. The maximum Gasteiger partial charge on any atom is 0.202 e. The molecule has 0 saturated carbocycles. The van der Waals surface area contributed by atoms with Gasteiger partial charge in [-0.15, -0.1) is 11.3 Å². The standard InChI is InChI=1S/C11H11N5S/c1-7-6-17-9(14-7)5-16-10-8(15-11(16)12)3-2-4-13-10/h2-4,6H,5H2,1H3,(H2,12,15). The number of aromatic nitrogens is 4. The Morgan fingerprint density at radius 1 is 1.41 bits per heavy atom. The minimum Gasteiger partial charge on any atom is -0.369 e. The molecule has 0 spiro atoms. The summed E-state index contributed by atoms with van der Waals surface area (Å²) in [5, 5.41) is 3.04. The Balaban J connectivity index is 2.08. The van der Waals surface area contributed by atoms with E-state index >= 15 is 0 Å². The number of imidazole rings is 1. The summed E-state index contributed by atoms with van der Waals surface area (Å²) in [6.45, 7) is 2.60. The van der Waals surface area contributed by atoms with Crippen LogP contribution in [-0.4, -0.2) is 19.5 Å². The predicted molar refractivity (Wildman–Crippen MR) is 67.9 cm³/mol. The second kappa shape index (κ2) is 3.81. The topological polar surface area (TPSA) is 69.6 Å². The van der Waals surface area contributed by atoms with Crippen molar-refractivity contribution in [3.63, 3.8) is 0 Å². The second-order valence-electron chi connectivity index (χ2n) is 3.78. The lowest BCUT2D eigenvalue weighted by molar-refractivity contribution is 0.817. The average molecular weight is 245 g/mol. The van der Waals surface area contributed by atoms with E-state index in [0.29, 0.717) is 12.5 Å². The largest absolute Gasteiger partial charge is 0.369 e. The third-order valence-corrected chi connectivity index (χ3v) is 3.44. The van der Waals surface area contributed by atoms with E-state index < -0.39 is 0 Å². The highest BCUT2D eigenvalue weighted by atomic mass is 32.1. The van der Waals surface area contributed by atoms with Crippen LogP contribution in [0.15, 0.2) is 23.7 Å². The maximum atomic E-state index is 5.90. The highest BCUT2D eigenvalue weighted by molar-refractivity contribution is 7.09. The molecule has 5 nitrogen and oxygen atoms in total. The molecule has 3 rings (SSSR count). The molecule has 0 bridgehead atoms. The molecular weight excluding hydrogens is 234 g/mol. The highest BCUT2D eigenvalue weighted by Gasteiger charge is 2.10. The molecule has 3 aromatic rings. The van der Waals surface area contributed by atoms with Crippen molar-refractivity contribution < 1.29 is 0 Å². The lowest BCUT2D eigenvalue weighted by Crippen LogP contribution is -2.05. The Hall–Kier alpha value is -1.95. The number of fused-ring (bicyclic) bond motifs is 1. The van der Waals surface area contributed by atoms with Crippen molar-refractivity contribution in [2.24, 2.45) is 0 Å². The van der Waals surface area contributed by atoms with Gasteiger partial charge in [0.1, 0.15) is 10.5 Å². The van der Waals surface area contributed by atoms with Gasteiger partial charge in [-0.3, -0.25) is 4.57 Å². The molecule has 0 fully saturated rings. The molecule has 17 heavy (non-hydrogen) atoms. The quantitative estimate of drug-likeness (QED) is 0.747. The smallest absolute Gasteiger partial charge is 0.202 e. The fourth-order valence-electron chi connectivity index (χ4n) is 1.74. The van der Waals surface area contributed by atoms with Gasteiger partial charge in [0, 0.05) is 17.3 Å². The number of aryl methyl sites for hydroxylation is 1. The van der Waals surface area contributed by atoms with E-state index in [1.54, 1.807) is 17.5 Å². The molecule has 0 aliphatic rings. The van der Waals surface area contributed by atoms with Gasteiger partial charge in [0.05, 0.1) is 6.54 Å². The number of rotatable bonds is 2. The number of nitrogen functional groups attached to an aromatic ring is 1. The molecule has 0 aliphatic heterocycles. The summed E-state index contributed by atoms with van der Waals surface area (Å²) in [7, 11) is 0. The minimum absolute atomic E-state index is 0.478. The van der Waals surface area contributed by atoms with Gasteiger partial charge in [0.25, 0.3) is 0 Å². The first kappa shape index (κ1) is 10.2. The number of nitrogens with zero attached hydrogens (tertiary/aromatic N) is 4. The monoisotopic (exact) mass is 245 g/mol. The predicted octanol–water partition coefficient (Wildman–Crippen LogP) is 1.83. The summed E-state index contributed by atoms with van der Waals surface area (Å²) in [5.41, 5.74) is 8.55. The van der Waals surface area contributed by atoms with Crippen molar-refractivity contribution >= 4 is 28.4 Å². The van der Waals surface area contributed by atoms with Gasteiger partial charge in [-0.25, -0.2) is 15.0 Å². The summed E-state index contributed by atoms with van der Waals surface area (Å²) >= 11 is 1.62. The van der Waals surface area contributed by atoms with Gasteiger partial charge >= 0.3 is 0 Å². The van der Waals surface area contributed by atoms with E-state index in [2.05, 4.69) is 15.0 Å². The molecule has 0 amide bonds. The van der Waals surface area contributed by atoms with Crippen LogP contribution < -0.4 is 5.73 Å². The molecular formula is C11H11N5S. The molecule has 0 saturated heterocycles. The minimum atomic E-state index is 0.478. The zero-order chi connectivity index (χ0) is 11.8. The van der Waals surface area contributed by atoms with Crippen molar-refractivity contribution in [2.75, 3.05) is 5.73 Å². The third-order valence-electron chi connectivity index (χ3n) is 2.49. The Morgan fingerprint density at radius 3 is 3.06 bits per heavy atom. The van der Waals surface area contributed by atoms with Crippen molar-refractivity contribution in [3.8, 4) is 0 Å². The maximum absolute atomic E-state index is 5.90. The van der Waals surface area contributed by atoms with Gasteiger partial charge in [0.2, 0.25) is 5.95 Å². The molecule has 3 aromatic heterocycles. The Labute approximate surface area is 102 Å². The zero-order valence-corrected chi connectivity index (χ0v) is 10.1. The van der Waals surface area contributed by atoms with Crippen LogP contribution in [0.4, 0.5) is 5.95 Å². The molecule has 0 radical (unpaired) electrons. The molecule has 0 unspecified atom stereocenters. The third kappa shape index (κ3) is 1.76. The Kier molecular flexibility index (Phi) is 2.29. The molecule has 86 valence electrons. The van der Waals surface area contributed by atoms with Gasteiger partial charge in [-0.2, -0.15) is 0 Å². The SMILES string of the molecule is Cc1csc(Cn2c(N)nc3cccnc32)n1. The molecule has 6 heteroatoms. The fourth-order valence-corrected chi connectivity index (χ4v) is 2.50. The van der Waals surface area contributed by atoms with Crippen molar-refractivity contribution in [3.05, 3.63) is 34.4 Å². The van der Waals surface area contributed by atoms with Gasteiger partial charge in [-0.1, -0.05) is 0 Å². The zero-order valence-electron chi connectivity index (χ0n) is 9.29. The van der Waals surface area contributed by atoms with E-state index in [1.807, 2.05) is 29.0 Å². The Morgan fingerprint density at radius 2 is 2.29 bits per heavy atom. The lowest BCUT2D eigenvalue weighted by Gasteiger charge is -2.02. The molecule has 0 aromatic carbocycles. The lowest BCUT2D eigenvalue weighted by atomic mass is 10.4. The normalized spacial score (nSPS) is 11.1. The van der Waals surface area contributed by atoms with Crippen LogP contribution in [0.3, 0.4) is 0 Å². The van der Waals surface area contributed by atoms with Crippen LogP contribution in [0.2, 0.25) is 0 Å². The van der Waals surface area contributed by atoms with E-state index in [1.165, 1.54) is 0 Å². The van der Waals surface area contributed by atoms with E-state index in [0.717, 1.165) is 21.9 Å². The van der Waals surface area contributed by atoms with Crippen LogP contribution in [-0.2, 0) is 6.54 Å². The summed E-state index contributed by atoms with van der Waals surface area (Å²) in [4.78, 5) is 13.0. The van der Waals surface area contributed by atoms with Gasteiger partial charge in [0.15, 0.2) is 5.65 Å². The number of nitrogens with two attached hydrogens (primary N) is 1. The van der Waals surface area contributed by atoms with Crippen LogP contribution >= 0.6 is 11.3 Å². The molecule has 0 atom stereocenters.